The Hall–Kier alpha value is -0.820. The van der Waals surface area contributed by atoms with E-state index in [0.717, 1.165) is 14.8 Å². The average Bonchev–Trinajstić information content (AvgIpc) is 2.29. The van der Waals surface area contributed by atoms with Gasteiger partial charge in [-0.25, -0.2) is 4.39 Å². The fourth-order valence-electron chi connectivity index (χ4n) is 1.56. The first-order valence-corrected chi connectivity index (χ1v) is 6.40. The van der Waals surface area contributed by atoms with Gasteiger partial charge in [0.15, 0.2) is 0 Å². The van der Waals surface area contributed by atoms with Gasteiger partial charge in [0, 0.05) is 34.5 Å². The van der Waals surface area contributed by atoms with E-state index in [9.17, 15) is 4.39 Å². The first kappa shape index (κ1) is 14.2. The van der Waals surface area contributed by atoms with Crippen LogP contribution in [-0.2, 0) is 6.42 Å². The molecular weight excluding hydrogens is 332 g/mol. The molecule has 0 aliphatic heterocycles. The molecular formula is C12H17FIN3. The van der Waals surface area contributed by atoms with E-state index in [4.69, 9.17) is 11.5 Å². The molecule has 0 radical (unpaired) electrons. The van der Waals surface area contributed by atoms with Gasteiger partial charge in [-0.15, -0.1) is 0 Å². The molecule has 1 aromatic rings. The number of anilines is 1. The van der Waals surface area contributed by atoms with Crippen molar-refractivity contribution in [3.05, 3.63) is 38.9 Å². The Balaban J connectivity index is 2.91. The lowest BCUT2D eigenvalue weighted by Crippen LogP contribution is -2.22. The Morgan fingerprint density at radius 1 is 1.59 bits per heavy atom. The van der Waals surface area contributed by atoms with Crippen molar-refractivity contribution in [1.29, 1.82) is 0 Å². The molecule has 0 fully saturated rings. The number of allylic oxidation sites excluding steroid dienone is 1. The molecule has 1 rings (SSSR count). The Labute approximate surface area is 115 Å². The van der Waals surface area contributed by atoms with Crippen molar-refractivity contribution in [2.24, 2.45) is 5.73 Å². The summed E-state index contributed by atoms with van der Waals surface area (Å²) in [6.45, 7) is 6.89. The van der Waals surface area contributed by atoms with E-state index in [-0.39, 0.29) is 5.82 Å². The Bertz CT molecular complexity index is 432. The molecule has 5 N–H and O–H groups in total. The van der Waals surface area contributed by atoms with Crippen LogP contribution in [0.3, 0.4) is 0 Å². The van der Waals surface area contributed by atoms with Gasteiger partial charge < -0.3 is 16.8 Å². The molecule has 0 saturated heterocycles. The van der Waals surface area contributed by atoms with Crippen molar-refractivity contribution in [2.45, 2.75) is 13.3 Å². The highest BCUT2D eigenvalue weighted by Crippen LogP contribution is 2.26. The molecule has 0 unspecified atom stereocenters. The van der Waals surface area contributed by atoms with Gasteiger partial charge in [-0.05, 0) is 46.7 Å². The summed E-state index contributed by atoms with van der Waals surface area (Å²) in [6, 6.07) is 1.36. The van der Waals surface area contributed by atoms with Crippen LogP contribution in [-0.4, -0.2) is 13.1 Å². The fourth-order valence-corrected chi connectivity index (χ4v) is 2.04. The highest BCUT2D eigenvalue weighted by Gasteiger charge is 2.12. The standard InChI is InChI=1S/C12H17FIN3/c1-7(17-4-3-15)5-9-8(2)12(14)11(16)6-10(9)13/h6,17H,1,3-5,15-16H2,2H3. The maximum absolute atomic E-state index is 13.8. The molecule has 1 aromatic carbocycles. The van der Waals surface area contributed by atoms with Gasteiger partial charge >= 0.3 is 0 Å². The van der Waals surface area contributed by atoms with E-state index < -0.39 is 0 Å². The SMILES string of the molecule is C=C(Cc1c(F)cc(N)c(I)c1C)NCCN. The van der Waals surface area contributed by atoms with E-state index in [1.165, 1.54) is 6.07 Å². The Morgan fingerprint density at radius 3 is 2.82 bits per heavy atom. The highest BCUT2D eigenvalue weighted by atomic mass is 127. The van der Waals surface area contributed by atoms with Gasteiger partial charge in [-0.2, -0.15) is 0 Å². The van der Waals surface area contributed by atoms with Gasteiger partial charge in [0.2, 0.25) is 0 Å². The molecule has 17 heavy (non-hydrogen) atoms. The van der Waals surface area contributed by atoms with Crippen molar-refractivity contribution in [2.75, 3.05) is 18.8 Å². The topological polar surface area (TPSA) is 64.1 Å². The van der Waals surface area contributed by atoms with Crippen molar-refractivity contribution in [3.63, 3.8) is 0 Å². The van der Waals surface area contributed by atoms with Crippen LogP contribution in [0, 0.1) is 16.3 Å². The molecule has 0 aliphatic carbocycles. The minimum Gasteiger partial charge on any atom is -0.398 e. The predicted molar refractivity (Wildman–Crippen MR) is 78.2 cm³/mol. The minimum atomic E-state index is -0.281. The van der Waals surface area contributed by atoms with E-state index in [2.05, 4.69) is 34.5 Å². The lowest BCUT2D eigenvalue weighted by Gasteiger charge is -2.14. The molecule has 0 bridgehead atoms. The Kier molecular flexibility index (Phi) is 5.20. The summed E-state index contributed by atoms with van der Waals surface area (Å²) in [5.74, 6) is -0.281. The number of hydrogen-bond acceptors (Lipinski definition) is 3. The van der Waals surface area contributed by atoms with E-state index in [1.807, 2.05) is 6.92 Å². The van der Waals surface area contributed by atoms with Crippen LogP contribution in [0.2, 0.25) is 0 Å². The number of hydrogen-bond donors (Lipinski definition) is 3. The monoisotopic (exact) mass is 349 g/mol. The van der Waals surface area contributed by atoms with Gasteiger partial charge in [0.1, 0.15) is 5.82 Å². The molecule has 5 heteroatoms. The maximum Gasteiger partial charge on any atom is 0.129 e. The van der Waals surface area contributed by atoms with E-state index in [0.29, 0.717) is 30.8 Å². The van der Waals surface area contributed by atoms with Crippen molar-refractivity contribution in [3.8, 4) is 0 Å². The smallest absolute Gasteiger partial charge is 0.129 e. The molecule has 94 valence electrons. The molecule has 0 heterocycles. The summed E-state index contributed by atoms with van der Waals surface area (Å²) in [5, 5.41) is 3.05. The molecule has 3 nitrogen and oxygen atoms in total. The third kappa shape index (κ3) is 3.57. The second-order valence-corrected chi connectivity index (χ2v) is 4.94. The molecule has 0 saturated carbocycles. The highest BCUT2D eigenvalue weighted by molar-refractivity contribution is 14.1. The fraction of sp³-hybridized carbons (Fsp3) is 0.333. The quantitative estimate of drug-likeness (QED) is 0.562. The number of nitrogens with one attached hydrogen (secondary N) is 1. The van der Waals surface area contributed by atoms with E-state index in [1.54, 1.807) is 0 Å². The van der Waals surface area contributed by atoms with Gasteiger partial charge in [0.05, 0.1) is 0 Å². The zero-order valence-electron chi connectivity index (χ0n) is 9.82. The molecule has 0 aliphatic rings. The normalized spacial score (nSPS) is 10.4. The number of nitrogens with two attached hydrogens (primary N) is 2. The van der Waals surface area contributed by atoms with Crippen LogP contribution in [0.5, 0.6) is 0 Å². The second-order valence-electron chi connectivity index (χ2n) is 3.86. The predicted octanol–water partition coefficient (Wildman–Crippen LogP) is 1.93. The zero-order valence-corrected chi connectivity index (χ0v) is 12.0. The number of benzene rings is 1. The summed E-state index contributed by atoms with van der Waals surface area (Å²) in [7, 11) is 0. The summed E-state index contributed by atoms with van der Waals surface area (Å²) < 4.78 is 14.7. The van der Waals surface area contributed by atoms with Crippen LogP contribution in [0.25, 0.3) is 0 Å². The largest absolute Gasteiger partial charge is 0.398 e. The summed E-state index contributed by atoms with van der Waals surface area (Å²) >= 11 is 2.12. The Morgan fingerprint density at radius 2 is 2.24 bits per heavy atom. The maximum atomic E-state index is 13.8. The molecule has 0 amide bonds. The minimum absolute atomic E-state index is 0.281. The van der Waals surface area contributed by atoms with Crippen LogP contribution in [0.1, 0.15) is 11.1 Å². The van der Waals surface area contributed by atoms with Gasteiger partial charge in [0.25, 0.3) is 0 Å². The van der Waals surface area contributed by atoms with Crippen molar-refractivity contribution >= 4 is 28.3 Å². The third-order valence-corrected chi connectivity index (χ3v) is 3.95. The third-order valence-electron chi connectivity index (χ3n) is 2.52. The molecule has 0 spiro atoms. The molecule has 0 aromatic heterocycles. The number of nitrogen functional groups attached to an aromatic ring is 1. The van der Waals surface area contributed by atoms with Crippen LogP contribution in [0.15, 0.2) is 18.3 Å². The summed E-state index contributed by atoms with van der Waals surface area (Å²) in [5.41, 5.74) is 13.8. The van der Waals surface area contributed by atoms with Gasteiger partial charge in [-0.1, -0.05) is 6.58 Å². The van der Waals surface area contributed by atoms with Crippen molar-refractivity contribution < 1.29 is 4.39 Å². The first-order chi connectivity index (χ1) is 7.97. The number of halogens is 2. The average molecular weight is 349 g/mol. The lowest BCUT2D eigenvalue weighted by atomic mass is 10.0. The number of rotatable bonds is 5. The second kappa shape index (κ2) is 6.20. The van der Waals surface area contributed by atoms with Crippen LogP contribution >= 0.6 is 22.6 Å². The van der Waals surface area contributed by atoms with E-state index >= 15 is 0 Å². The summed E-state index contributed by atoms with van der Waals surface area (Å²) in [4.78, 5) is 0. The van der Waals surface area contributed by atoms with Crippen molar-refractivity contribution in [1.82, 2.24) is 5.32 Å². The lowest BCUT2D eigenvalue weighted by molar-refractivity contribution is 0.608. The van der Waals surface area contributed by atoms with Gasteiger partial charge in [-0.3, -0.25) is 0 Å². The van der Waals surface area contributed by atoms with Crippen LogP contribution in [0.4, 0.5) is 10.1 Å². The summed E-state index contributed by atoms with van der Waals surface area (Å²) in [6.07, 6.45) is 0.452. The van der Waals surface area contributed by atoms with Crippen LogP contribution < -0.4 is 16.8 Å². The first-order valence-electron chi connectivity index (χ1n) is 5.32. The zero-order chi connectivity index (χ0) is 13.0. The molecule has 0 atom stereocenters.